The number of thiazole rings is 1. The highest BCUT2D eigenvalue weighted by molar-refractivity contribution is 7.09. The van der Waals surface area contributed by atoms with Crippen molar-refractivity contribution in [3.05, 3.63) is 40.7 Å². The lowest BCUT2D eigenvalue weighted by Gasteiger charge is -2.09. The van der Waals surface area contributed by atoms with Crippen LogP contribution in [0.4, 0.5) is 0 Å². The topological polar surface area (TPSA) is 54.4 Å². The first-order valence-corrected chi connectivity index (χ1v) is 7.55. The zero-order chi connectivity index (χ0) is 14.2. The van der Waals surface area contributed by atoms with E-state index >= 15 is 0 Å². The molecule has 0 radical (unpaired) electrons. The molecular weight excluding hydrogens is 272 g/mol. The highest BCUT2D eigenvalue weighted by Gasteiger charge is 2.09. The number of hydrogen-bond acceptors (Lipinski definition) is 5. The molecule has 0 saturated heterocycles. The summed E-state index contributed by atoms with van der Waals surface area (Å²) in [7, 11) is 1.67. The third-order valence-corrected chi connectivity index (χ3v) is 3.77. The van der Waals surface area contributed by atoms with Gasteiger partial charge in [0.05, 0.1) is 23.4 Å². The van der Waals surface area contributed by atoms with Crippen LogP contribution < -0.4 is 5.32 Å². The quantitative estimate of drug-likeness (QED) is 0.730. The number of aliphatic hydroxyl groups excluding tert-OH is 1. The molecule has 2 aromatic rings. The standard InChI is InChI=1S/C15H20N2O2S/c1-19-8-7-16-10-13(18)9-15-17-14(11-20-15)12-5-3-2-4-6-12/h2-6,11,13,16,18H,7-10H2,1H3. The monoisotopic (exact) mass is 292 g/mol. The van der Waals surface area contributed by atoms with Gasteiger partial charge in [-0.05, 0) is 0 Å². The lowest BCUT2D eigenvalue weighted by atomic mass is 10.2. The summed E-state index contributed by atoms with van der Waals surface area (Å²) in [5.74, 6) is 0. The van der Waals surface area contributed by atoms with Crippen LogP contribution in [0.3, 0.4) is 0 Å². The lowest BCUT2D eigenvalue weighted by molar-refractivity contribution is 0.160. The predicted molar refractivity (Wildman–Crippen MR) is 82.0 cm³/mol. The summed E-state index contributed by atoms with van der Waals surface area (Å²) in [5.41, 5.74) is 2.09. The Hall–Kier alpha value is -1.27. The maximum Gasteiger partial charge on any atom is 0.0958 e. The molecule has 1 atom stereocenters. The van der Waals surface area contributed by atoms with Gasteiger partial charge in [-0.15, -0.1) is 11.3 Å². The molecule has 5 heteroatoms. The Morgan fingerprint density at radius 3 is 2.90 bits per heavy atom. The van der Waals surface area contributed by atoms with E-state index in [4.69, 9.17) is 4.74 Å². The molecule has 1 aromatic heterocycles. The molecule has 1 heterocycles. The second kappa shape index (κ2) is 8.11. The van der Waals surface area contributed by atoms with Crippen molar-refractivity contribution in [1.29, 1.82) is 0 Å². The van der Waals surface area contributed by atoms with E-state index in [9.17, 15) is 5.11 Å². The molecular formula is C15H20N2O2S. The predicted octanol–water partition coefficient (Wildman–Crippen LogP) is 1.95. The zero-order valence-electron chi connectivity index (χ0n) is 11.6. The minimum absolute atomic E-state index is 0.415. The fourth-order valence-electron chi connectivity index (χ4n) is 1.86. The van der Waals surface area contributed by atoms with E-state index < -0.39 is 6.10 Å². The van der Waals surface area contributed by atoms with Gasteiger partial charge in [-0.1, -0.05) is 30.3 Å². The van der Waals surface area contributed by atoms with Crippen LogP contribution in [-0.4, -0.2) is 43.0 Å². The number of benzene rings is 1. The van der Waals surface area contributed by atoms with Crippen molar-refractivity contribution in [3.8, 4) is 11.3 Å². The van der Waals surface area contributed by atoms with Gasteiger partial charge in [0.15, 0.2) is 0 Å². The Kier molecular flexibility index (Phi) is 6.14. The van der Waals surface area contributed by atoms with Crippen molar-refractivity contribution in [2.75, 3.05) is 26.8 Å². The zero-order valence-corrected chi connectivity index (χ0v) is 12.4. The molecule has 0 aliphatic rings. The summed E-state index contributed by atoms with van der Waals surface area (Å²) in [6, 6.07) is 10.1. The Labute approximate surface area is 123 Å². The Balaban J connectivity index is 1.83. The van der Waals surface area contributed by atoms with E-state index in [1.165, 1.54) is 0 Å². The number of nitrogens with zero attached hydrogens (tertiary/aromatic N) is 1. The summed E-state index contributed by atoms with van der Waals surface area (Å²) in [6.07, 6.45) is 0.166. The maximum atomic E-state index is 9.95. The highest BCUT2D eigenvalue weighted by atomic mass is 32.1. The van der Waals surface area contributed by atoms with Gasteiger partial charge in [0, 0.05) is 37.6 Å². The van der Waals surface area contributed by atoms with Crippen LogP contribution in [-0.2, 0) is 11.2 Å². The number of aliphatic hydroxyl groups is 1. The van der Waals surface area contributed by atoms with E-state index in [-0.39, 0.29) is 0 Å². The molecule has 2 N–H and O–H groups in total. The van der Waals surface area contributed by atoms with E-state index in [0.717, 1.165) is 22.8 Å². The van der Waals surface area contributed by atoms with Crippen molar-refractivity contribution < 1.29 is 9.84 Å². The van der Waals surface area contributed by atoms with E-state index in [1.807, 2.05) is 35.7 Å². The van der Waals surface area contributed by atoms with Gasteiger partial charge in [-0.25, -0.2) is 4.98 Å². The summed E-state index contributed by atoms with van der Waals surface area (Å²) < 4.78 is 4.94. The van der Waals surface area contributed by atoms with Gasteiger partial charge in [0.25, 0.3) is 0 Å². The number of methoxy groups -OCH3 is 1. The van der Waals surface area contributed by atoms with Crippen molar-refractivity contribution in [2.24, 2.45) is 0 Å². The average Bonchev–Trinajstić information content (AvgIpc) is 2.93. The fraction of sp³-hybridized carbons (Fsp3) is 0.400. The minimum atomic E-state index is -0.415. The summed E-state index contributed by atoms with van der Waals surface area (Å²) in [5, 5.41) is 16.1. The van der Waals surface area contributed by atoms with E-state index in [0.29, 0.717) is 19.6 Å². The largest absolute Gasteiger partial charge is 0.391 e. The second-order valence-corrected chi connectivity index (χ2v) is 5.49. The summed E-state index contributed by atoms with van der Waals surface area (Å²) in [6.45, 7) is 1.96. The maximum absolute atomic E-state index is 9.95. The number of nitrogens with one attached hydrogen (secondary N) is 1. The lowest BCUT2D eigenvalue weighted by Crippen LogP contribution is -2.30. The van der Waals surface area contributed by atoms with Crippen molar-refractivity contribution in [2.45, 2.75) is 12.5 Å². The van der Waals surface area contributed by atoms with Crippen LogP contribution in [0.15, 0.2) is 35.7 Å². The Morgan fingerprint density at radius 2 is 2.15 bits per heavy atom. The third kappa shape index (κ3) is 4.68. The number of aromatic nitrogens is 1. The first-order valence-electron chi connectivity index (χ1n) is 6.67. The highest BCUT2D eigenvalue weighted by Crippen LogP contribution is 2.22. The normalized spacial score (nSPS) is 12.5. The van der Waals surface area contributed by atoms with Crippen LogP contribution in [0, 0.1) is 0 Å². The summed E-state index contributed by atoms with van der Waals surface area (Å²) in [4.78, 5) is 4.57. The first-order chi connectivity index (χ1) is 9.79. The van der Waals surface area contributed by atoms with Gasteiger partial charge in [-0.2, -0.15) is 0 Å². The molecule has 20 heavy (non-hydrogen) atoms. The number of ether oxygens (including phenoxy) is 1. The van der Waals surface area contributed by atoms with Gasteiger partial charge in [0.2, 0.25) is 0 Å². The molecule has 0 aliphatic carbocycles. The van der Waals surface area contributed by atoms with Gasteiger partial charge < -0.3 is 15.2 Å². The molecule has 108 valence electrons. The molecule has 0 saturated carbocycles. The van der Waals surface area contributed by atoms with Crippen LogP contribution in [0.2, 0.25) is 0 Å². The van der Waals surface area contributed by atoms with Crippen molar-refractivity contribution in [3.63, 3.8) is 0 Å². The van der Waals surface area contributed by atoms with Gasteiger partial charge in [-0.3, -0.25) is 0 Å². The molecule has 1 unspecified atom stereocenters. The van der Waals surface area contributed by atoms with E-state index in [2.05, 4.69) is 10.3 Å². The van der Waals surface area contributed by atoms with Crippen LogP contribution in [0.25, 0.3) is 11.3 Å². The fourth-order valence-corrected chi connectivity index (χ4v) is 2.74. The Bertz CT molecular complexity index is 502. The molecule has 0 fully saturated rings. The molecule has 0 spiro atoms. The Morgan fingerprint density at radius 1 is 1.35 bits per heavy atom. The third-order valence-electron chi connectivity index (χ3n) is 2.89. The van der Waals surface area contributed by atoms with Crippen LogP contribution >= 0.6 is 11.3 Å². The average molecular weight is 292 g/mol. The molecule has 2 rings (SSSR count). The van der Waals surface area contributed by atoms with Gasteiger partial charge in [0.1, 0.15) is 0 Å². The van der Waals surface area contributed by atoms with Crippen LogP contribution in [0.5, 0.6) is 0 Å². The smallest absolute Gasteiger partial charge is 0.0958 e. The SMILES string of the molecule is COCCNCC(O)Cc1nc(-c2ccccc2)cs1. The van der Waals surface area contributed by atoms with E-state index in [1.54, 1.807) is 18.4 Å². The number of hydrogen-bond donors (Lipinski definition) is 2. The van der Waals surface area contributed by atoms with Crippen LogP contribution in [0.1, 0.15) is 5.01 Å². The second-order valence-electron chi connectivity index (χ2n) is 4.55. The minimum Gasteiger partial charge on any atom is -0.391 e. The summed E-state index contributed by atoms with van der Waals surface area (Å²) >= 11 is 1.59. The van der Waals surface area contributed by atoms with Gasteiger partial charge >= 0.3 is 0 Å². The number of rotatable bonds is 8. The first kappa shape index (κ1) is 15.1. The molecule has 1 aromatic carbocycles. The molecule has 0 aliphatic heterocycles. The van der Waals surface area contributed by atoms with Crippen molar-refractivity contribution in [1.82, 2.24) is 10.3 Å². The molecule has 0 amide bonds. The van der Waals surface area contributed by atoms with Crippen molar-refractivity contribution >= 4 is 11.3 Å². The molecule has 4 nitrogen and oxygen atoms in total. The molecule has 0 bridgehead atoms.